The second-order valence-corrected chi connectivity index (χ2v) is 8.30. The van der Waals surface area contributed by atoms with Gasteiger partial charge in [-0.25, -0.2) is 15.1 Å². The fourth-order valence-corrected chi connectivity index (χ4v) is 4.33. The number of rotatable bonds is 6. The number of hydrogen-bond acceptors (Lipinski definition) is 6. The molecule has 30 heavy (non-hydrogen) atoms. The summed E-state index contributed by atoms with van der Waals surface area (Å²) < 4.78 is 0. The molecule has 0 saturated carbocycles. The number of aromatic nitrogens is 4. The van der Waals surface area contributed by atoms with Crippen LogP contribution in [0.15, 0.2) is 46.5 Å². The van der Waals surface area contributed by atoms with Crippen molar-refractivity contribution in [3.63, 3.8) is 0 Å². The largest absolute Gasteiger partial charge is 0.325 e. The maximum Gasteiger partial charge on any atom is 0.267 e. The first-order chi connectivity index (χ1) is 14.6. The molecule has 8 heteroatoms. The van der Waals surface area contributed by atoms with Crippen LogP contribution in [-0.2, 0) is 24.1 Å². The predicted molar refractivity (Wildman–Crippen MR) is 117 cm³/mol. The Bertz CT molecular complexity index is 1130. The molecule has 154 valence electrons. The molecule has 0 radical (unpaired) electrons. The molecule has 0 bridgehead atoms. The van der Waals surface area contributed by atoms with Crippen LogP contribution in [0.2, 0.25) is 0 Å². The van der Waals surface area contributed by atoms with Gasteiger partial charge in [-0.2, -0.15) is 5.10 Å². The summed E-state index contributed by atoms with van der Waals surface area (Å²) in [6.45, 7) is 1.89. The number of nitrogens with one attached hydrogen (secondary N) is 2. The minimum atomic E-state index is -0.109. The fraction of sp³-hybridized carbons (Fsp3) is 0.318. The van der Waals surface area contributed by atoms with Crippen molar-refractivity contribution in [1.29, 1.82) is 0 Å². The van der Waals surface area contributed by atoms with E-state index in [9.17, 15) is 9.59 Å². The Morgan fingerprint density at radius 2 is 2.03 bits per heavy atom. The van der Waals surface area contributed by atoms with E-state index >= 15 is 0 Å². The van der Waals surface area contributed by atoms with Crippen LogP contribution in [0.3, 0.4) is 0 Å². The quantitative estimate of drug-likeness (QED) is 0.469. The smallest absolute Gasteiger partial charge is 0.267 e. The molecule has 2 heterocycles. The minimum absolute atomic E-state index is 0.0652. The first-order valence-corrected chi connectivity index (χ1v) is 11.0. The molecular formula is C22H23N5O2S. The van der Waals surface area contributed by atoms with Gasteiger partial charge >= 0.3 is 0 Å². The van der Waals surface area contributed by atoms with E-state index in [1.165, 1.54) is 11.8 Å². The molecule has 1 amide bonds. The monoisotopic (exact) mass is 421 g/mol. The van der Waals surface area contributed by atoms with Gasteiger partial charge in [0.25, 0.3) is 5.56 Å². The van der Waals surface area contributed by atoms with Crippen LogP contribution in [0.1, 0.15) is 40.9 Å². The van der Waals surface area contributed by atoms with Crippen LogP contribution >= 0.6 is 11.8 Å². The molecule has 1 aliphatic rings. The Balaban J connectivity index is 1.42. The summed E-state index contributed by atoms with van der Waals surface area (Å²) in [4.78, 5) is 32.8. The molecule has 0 spiro atoms. The van der Waals surface area contributed by atoms with Crippen molar-refractivity contribution in [2.45, 2.75) is 44.2 Å². The molecule has 4 rings (SSSR count). The molecule has 1 aromatic carbocycles. The molecule has 2 aromatic heterocycles. The molecule has 2 N–H and O–H groups in total. The van der Waals surface area contributed by atoms with E-state index in [2.05, 4.69) is 25.5 Å². The van der Waals surface area contributed by atoms with Gasteiger partial charge in [-0.3, -0.25) is 9.59 Å². The molecule has 0 unspecified atom stereocenters. The molecular weight excluding hydrogens is 398 g/mol. The van der Waals surface area contributed by atoms with Gasteiger partial charge < -0.3 is 5.32 Å². The number of thioether (sulfide) groups is 1. The average molecular weight is 422 g/mol. The van der Waals surface area contributed by atoms with E-state index in [0.717, 1.165) is 59.4 Å². The van der Waals surface area contributed by atoms with E-state index in [-0.39, 0.29) is 17.2 Å². The molecule has 3 aromatic rings. The number of aromatic amines is 1. The van der Waals surface area contributed by atoms with Crippen molar-refractivity contribution in [2.24, 2.45) is 0 Å². The number of nitrogens with zero attached hydrogens (tertiary/aromatic N) is 3. The second-order valence-electron chi connectivity index (χ2n) is 7.36. The maximum atomic E-state index is 12.3. The summed E-state index contributed by atoms with van der Waals surface area (Å²) in [7, 11) is 0. The summed E-state index contributed by atoms with van der Waals surface area (Å²) in [6, 6.07) is 9.57. The van der Waals surface area contributed by atoms with Crippen molar-refractivity contribution in [3.8, 4) is 0 Å². The zero-order valence-corrected chi connectivity index (χ0v) is 17.6. The minimum Gasteiger partial charge on any atom is -0.325 e. The number of aryl methyl sites for hydroxylation is 1. The topological polar surface area (TPSA) is 101 Å². The van der Waals surface area contributed by atoms with E-state index in [1.54, 1.807) is 6.20 Å². The number of hydrogen-bond donors (Lipinski definition) is 2. The highest BCUT2D eigenvalue weighted by atomic mass is 32.2. The van der Waals surface area contributed by atoms with Crippen LogP contribution < -0.4 is 10.9 Å². The van der Waals surface area contributed by atoms with Gasteiger partial charge in [0, 0.05) is 29.6 Å². The summed E-state index contributed by atoms with van der Waals surface area (Å²) in [5.41, 5.74) is 5.47. The highest BCUT2D eigenvalue weighted by Gasteiger charge is 2.18. The lowest BCUT2D eigenvalue weighted by Crippen LogP contribution is -2.23. The first kappa shape index (κ1) is 20.3. The van der Waals surface area contributed by atoms with Gasteiger partial charge in [-0.1, -0.05) is 23.9 Å². The summed E-state index contributed by atoms with van der Waals surface area (Å²) >= 11 is 1.31. The highest BCUT2D eigenvalue weighted by molar-refractivity contribution is 7.99. The first-order valence-electron chi connectivity index (χ1n) is 9.99. The molecule has 0 aliphatic heterocycles. The number of H-pyrrole nitrogens is 1. The lowest BCUT2D eigenvalue weighted by molar-refractivity contribution is -0.113. The van der Waals surface area contributed by atoms with E-state index in [4.69, 9.17) is 0 Å². The standard InChI is InChI=1S/C22H23N5O2S/c1-14-9-10-23-22(24-14)30-13-20(28)25-16-6-4-5-15(11-16)12-19-17-7-2-3-8-18(17)21(29)27-26-19/h4-6,9-11H,2-3,7-8,12-13H2,1H3,(H,25,28)(H,27,29). The van der Waals surface area contributed by atoms with Crippen molar-refractivity contribution < 1.29 is 4.79 Å². The number of benzene rings is 1. The number of amides is 1. The molecule has 0 atom stereocenters. The number of carbonyl (C=O) groups is 1. The van der Waals surface area contributed by atoms with Gasteiger partial charge in [0.2, 0.25) is 5.91 Å². The Morgan fingerprint density at radius 3 is 2.87 bits per heavy atom. The van der Waals surface area contributed by atoms with Crippen LogP contribution in [-0.4, -0.2) is 31.8 Å². The Labute approximate surface area is 178 Å². The van der Waals surface area contributed by atoms with Gasteiger partial charge in [0.05, 0.1) is 11.4 Å². The van der Waals surface area contributed by atoms with Crippen LogP contribution in [0.25, 0.3) is 0 Å². The molecule has 1 aliphatic carbocycles. The Kier molecular flexibility index (Phi) is 6.23. The second kappa shape index (κ2) is 9.21. The van der Waals surface area contributed by atoms with Gasteiger partial charge in [-0.15, -0.1) is 0 Å². The third-order valence-corrected chi connectivity index (χ3v) is 5.93. The highest BCUT2D eigenvalue weighted by Crippen LogP contribution is 2.23. The van der Waals surface area contributed by atoms with E-state index in [0.29, 0.717) is 11.6 Å². The predicted octanol–water partition coefficient (Wildman–Crippen LogP) is 3.07. The molecule has 7 nitrogen and oxygen atoms in total. The summed E-state index contributed by atoms with van der Waals surface area (Å²) in [6.07, 6.45) is 6.16. The zero-order chi connectivity index (χ0) is 20.9. The van der Waals surface area contributed by atoms with Gasteiger partial charge in [-0.05, 0) is 61.9 Å². The number of fused-ring (bicyclic) bond motifs is 1. The van der Waals surface area contributed by atoms with E-state index in [1.807, 2.05) is 37.3 Å². The van der Waals surface area contributed by atoms with Gasteiger partial charge in [0.15, 0.2) is 5.16 Å². The zero-order valence-electron chi connectivity index (χ0n) is 16.8. The maximum absolute atomic E-state index is 12.3. The fourth-order valence-electron chi connectivity index (χ4n) is 3.65. The normalized spacial score (nSPS) is 13.0. The average Bonchev–Trinajstić information content (AvgIpc) is 2.75. The third-order valence-electron chi connectivity index (χ3n) is 5.07. The SMILES string of the molecule is Cc1ccnc(SCC(=O)Nc2cccc(Cc3n[nH]c(=O)c4c3CCCC4)c2)n1. The van der Waals surface area contributed by atoms with Crippen molar-refractivity contribution >= 4 is 23.4 Å². The Morgan fingerprint density at radius 1 is 1.20 bits per heavy atom. The Hall–Kier alpha value is -3.00. The van der Waals surface area contributed by atoms with Gasteiger partial charge in [0.1, 0.15) is 0 Å². The molecule has 0 fully saturated rings. The van der Waals surface area contributed by atoms with Crippen molar-refractivity contribution in [1.82, 2.24) is 20.2 Å². The van der Waals surface area contributed by atoms with E-state index < -0.39 is 0 Å². The summed E-state index contributed by atoms with van der Waals surface area (Å²) in [5, 5.41) is 10.5. The number of carbonyl (C=O) groups excluding carboxylic acids is 1. The lowest BCUT2D eigenvalue weighted by Gasteiger charge is -2.17. The van der Waals surface area contributed by atoms with Crippen LogP contribution in [0.4, 0.5) is 5.69 Å². The van der Waals surface area contributed by atoms with Crippen molar-refractivity contribution in [3.05, 3.63) is 75.0 Å². The molecule has 0 saturated heterocycles. The van der Waals surface area contributed by atoms with Crippen LogP contribution in [0.5, 0.6) is 0 Å². The number of anilines is 1. The lowest BCUT2D eigenvalue weighted by atomic mass is 9.90. The summed E-state index contributed by atoms with van der Waals surface area (Å²) in [5.74, 6) is 0.129. The third kappa shape index (κ3) is 4.94. The van der Waals surface area contributed by atoms with Crippen LogP contribution in [0, 0.1) is 6.92 Å². The van der Waals surface area contributed by atoms with Crippen molar-refractivity contribution in [2.75, 3.05) is 11.1 Å².